The number of aromatic nitrogens is 1. The highest BCUT2D eigenvalue weighted by Gasteiger charge is 2.28. The van der Waals surface area contributed by atoms with Crippen LogP contribution in [0.15, 0.2) is 42.5 Å². The Labute approximate surface area is 169 Å². The van der Waals surface area contributed by atoms with Crippen LogP contribution in [0.1, 0.15) is 25.3 Å². The van der Waals surface area contributed by atoms with Gasteiger partial charge in [0, 0.05) is 13.1 Å². The smallest absolute Gasteiger partial charge is 0.229 e. The summed E-state index contributed by atoms with van der Waals surface area (Å²) in [7, 11) is 0. The highest BCUT2D eigenvalue weighted by atomic mass is 32.1. The molecule has 2 heterocycles. The third-order valence-electron chi connectivity index (χ3n) is 5.04. The molecule has 1 N–H and O–H groups in total. The molecule has 1 aliphatic heterocycles. The number of nitrogens with zero attached hydrogens (tertiary/aromatic N) is 2. The average Bonchev–Trinajstić information content (AvgIpc) is 3.13. The maximum absolute atomic E-state index is 12.9. The highest BCUT2D eigenvalue weighted by molar-refractivity contribution is 7.22. The SMILES string of the molecule is CCOc1ccccc1NC(=O)C1CCCN(c2nc3ccc(C)cc3s2)C1. The number of aryl methyl sites for hydroxylation is 1. The van der Waals surface area contributed by atoms with Gasteiger partial charge in [0.1, 0.15) is 5.75 Å². The Balaban J connectivity index is 1.48. The van der Waals surface area contributed by atoms with Crippen LogP contribution in [0.5, 0.6) is 5.75 Å². The third-order valence-corrected chi connectivity index (χ3v) is 6.12. The minimum absolute atomic E-state index is 0.0498. The van der Waals surface area contributed by atoms with Crippen LogP contribution in [-0.4, -0.2) is 30.6 Å². The van der Waals surface area contributed by atoms with Crippen LogP contribution in [-0.2, 0) is 4.79 Å². The van der Waals surface area contributed by atoms with E-state index < -0.39 is 0 Å². The molecule has 4 rings (SSSR count). The lowest BCUT2D eigenvalue weighted by Gasteiger charge is -2.31. The number of amides is 1. The number of hydrogen-bond acceptors (Lipinski definition) is 5. The normalized spacial score (nSPS) is 16.9. The summed E-state index contributed by atoms with van der Waals surface area (Å²) in [6.07, 6.45) is 1.88. The van der Waals surface area contributed by atoms with Gasteiger partial charge in [0.05, 0.1) is 28.4 Å². The predicted octanol–water partition coefficient (Wildman–Crippen LogP) is 4.86. The van der Waals surface area contributed by atoms with Crippen molar-refractivity contribution in [2.45, 2.75) is 26.7 Å². The van der Waals surface area contributed by atoms with Gasteiger partial charge in [-0.05, 0) is 56.5 Å². The second-order valence-electron chi connectivity index (χ2n) is 7.17. The zero-order valence-corrected chi connectivity index (χ0v) is 17.1. The van der Waals surface area contributed by atoms with Gasteiger partial charge < -0.3 is 15.0 Å². The summed E-state index contributed by atoms with van der Waals surface area (Å²) in [5.41, 5.74) is 3.01. The van der Waals surface area contributed by atoms with E-state index in [1.54, 1.807) is 11.3 Å². The van der Waals surface area contributed by atoms with Gasteiger partial charge >= 0.3 is 0 Å². The van der Waals surface area contributed by atoms with Crippen molar-refractivity contribution in [3.05, 3.63) is 48.0 Å². The standard InChI is InChI=1S/C22H25N3O2S/c1-3-27-19-9-5-4-8-17(19)23-21(26)16-7-6-12-25(14-16)22-24-18-11-10-15(2)13-20(18)28-22/h4-5,8-11,13,16H,3,6-7,12,14H2,1-2H3,(H,23,26). The highest BCUT2D eigenvalue weighted by Crippen LogP contribution is 2.33. The van der Waals surface area contributed by atoms with Crippen molar-refractivity contribution >= 4 is 38.3 Å². The van der Waals surface area contributed by atoms with E-state index in [9.17, 15) is 4.79 Å². The van der Waals surface area contributed by atoms with Crippen LogP contribution in [0.3, 0.4) is 0 Å². The molecular weight excluding hydrogens is 370 g/mol. The number of ether oxygens (including phenoxy) is 1. The number of piperidine rings is 1. The lowest BCUT2D eigenvalue weighted by molar-refractivity contribution is -0.120. The van der Waals surface area contributed by atoms with E-state index >= 15 is 0 Å². The number of benzene rings is 2. The molecule has 1 atom stereocenters. The predicted molar refractivity (Wildman–Crippen MR) is 116 cm³/mol. The number of carbonyl (C=O) groups excluding carboxylic acids is 1. The van der Waals surface area contributed by atoms with Crippen LogP contribution in [0, 0.1) is 12.8 Å². The lowest BCUT2D eigenvalue weighted by Crippen LogP contribution is -2.40. The van der Waals surface area contributed by atoms with E-state index in [4.69, 9.17) is 9.72 Å². The van der Waals surface area contributed by atoms with E-state index in [2.05, 4.69) is 35.3 Å². The minimum atomic E-state index is -0.0582. The van der Waals surface area contributed by atoms with E-state index in [1.165, 1.54) is 10.3 Å². The molecule has 1 fully saturated rings. The first-order valence-corrected chi connectivity index (χ1v) is 10.6. The molecule has 0 spiro atoms. The molecule has 0 saturated carbocycles. The van der Waals surface area contributed by atoms with Gasteiger partial charge in [-0.15, -0.1) is 0 Å². The summed E-state index contributed by atoms with van der Waals surface area (Å²) in [5.74, 6) is 0.707. The molecular formula is C22H25N3O2S. The summed E-state index contributed by atoms with van der Waals surface area (Å²) in [5, 5.41) is 4.07. The number of fused-ring (bicyclic) bond motifs is 1. The Morgan fingerprint density at radius 2 is 2.18 bits per heavy atom. The molecule has 28 heavy (non-hydrogen) atoms. The van der Waals surface area contributed by atoms with Crippen molar-refractivity contribution in [3.8, 4) is 5.75 Å². The van der Waals surface area contributed by atoms with Crippen LogP contribution in [0.4, 0.5) is 10.8 Å². The molecule has 146 valence electrons. The molecule has 0 bridgehead atoms. The molecule has 3 aromatic rings. The largest absolute Gasteiger partial charge is 0.492 e. The van der Waals surface area contributed by atoms with E-state index in [1.807, 2.05) is 31.2 Å². The van der Waals surface area contributed by atoms with Gasteiger partial charge in [-0.2, -0.15) is 0 Å². The van der Waals surface area contributed by atoms with Gasteiger partial charge in [-0.1, -0.05) is 29.5 Å². The molecule has 1 aromatic heterocycles. The van der Waals surface area contributed by atoms with E-state index in [0.29, 0.717) is 18.9 Å². The molecule has 0 radical (unpaired) electrons. The van der Waals surface area contributed by atoms with Crippen molar-refractivity contribution in [2.24, 2.45) is 5.92 Å². The quantitative estimate of drug-likeness (QED) is 0.670. The first-order chi connectivity index (χ1) is 13.6. The Morgan fingerprint density at radius 3 is 3.04 bits per heavy atom. The number of hydrogen-bond donors (Lipinski definition) is 1. The zero-order valence-electron chi connectivity index (χ0n) is 16.3. The number of para-hydroxylation sites is 2. The Morgan fingerprint density at radius 1 is 1.32 bits per heavy atom. The molecule has 1 unspecified atom stereocenters. The van der Waals surface area contributed by atoms with Crippen LogP contribution >= 0.6 is 11.3 Å². The summed E-state index contributed by atoms with van der Waals surface area (Å²) in [4.78, 5) is 19.9. The van der Waals surface area contributed by atoms with Crippen molar-refractivity contribution in [1.29, 1.82) is 0 Å². The summed E-state index contributed by atoms with van der Waals surface area (Å²) < 4.78 is 6.83. The number of rotatable bonds is 5. The van der Waals surface area contributed by atoms with Gasteiger partial charge in [0.2, 0.25) is 5.91 Å². The maximum Gasteiger partial charge on any atom is 0.229 e. The monoisotopic (exact) mass is 395 g/mol. The second-order valence-corrected chi connectivity index (χ2v) is 8.18. The third kappa shape index (κ3) is 3.97. The van der Waals surface area contributed by atoms with E-state index in [0.717, 1.165) is 35.7 Å². The first kappa shape index (κ1) is 18.7. The van der Waals surface area contributed by atoms with Gasteiger partial charge in [-0.25, -0.2) is 4.98 Å². The lowest BCUT2D eigenvalue weighted by atomic mass is 9.97. The number of carbonyl (C=O) groups is 1. The molecule has 6 heteroatoms. The average molecular weight is 396 g/mol. The number of thiazole rings is 1. The topological polar surface area (TPSA) is 54.5 Å². The van der Waals surface area contributed by atoms with Gasteiger partial charge in [-0.3, -0.25) is 4.79 Å². The maximum atomic E-state index is 12.9. The summed E-state index contributed by atoms with van der Waals surface area (Å²) >= 11 is 1.71. The summed E-state index contributed by atoms with van der Waals surface area (Å²) in [6, 6.07) is 13.9. The van der Waals surface area contributed by atoms with Crippen molar-refractivity contribution in [2.75, 3.05) is 29.9 Å². The molecule has 2 aromatic carbocycles. The Hall–Kier alpha value is -2.60. The minimum Gasteiger partial charge on any atom is -0.492 e. The van der Waals surface area contributed by atoms with Crippen molar-refractivity contribution < 1.29 is 9.53 Å². The first-order valence-electron chi connectivity index (χ1n) is 9.79. The molecule has 0 aliphatic carbocycles. The zero-order chi connectivity index (χ0) is 19.5. The number of anilines is 2. The molecule has 1 amide bonds. The van der Waals surface area contributed by atoms with Gasteiger partial charge in [0.25, 0.3) is 0 Å². The second kappa shape index (κ2) is 8.19. The van der Waals surface area contributed by atoms with Crippen LogP contribution < -0.4 is 15.0 Å². The molecule has 1 saturated heterocycles. The van der Waals surface area contributed by atoms with E-state index in [-0.39, 0.29) is 11.8 Å². The van der Waals surface area contributed by atoms with Gasteiger partial charge in [0.15, 0.2) is 5.13 Å². The van der Waals surface area contributed by atoms with Crippen LogP contribution in [0.25, 0.3) is 10.2 Å². The molecule has 1 aliphatic rings. The van der Waals surface area contributed by atoms with Crippen LogP contribution in [0.2, 0.25) is 0 Å². The van der Waals surface area contributed by atoms with Crippen molar-refractivity contribution in [3.63, 3.8) is 0 Å². The fraction of sp³-hybridized carbons (Fsp3) is 0.364. The Bertz CT molecular complexity index is 985. The summed E-state index contributed by atoms with van der Waals surface area (Å²) in [6.45, 7) is 6.25. The fourth-order valence-electron chi connectivity index (χ4n) is 3.61. The Kier molecular flexibility index (Phi) is 5.48. The molecule has 5 nitrogen and oxygen atoms in total. The van der Waals surface area contributed by atoms with Crippen molar-refractivity contribution in [1.82, 2.24) is 4.98 Å². The fourth-order valence-corrected chi connectivity index (χ4v) is 4.70. The number of nitrogens with one attached hydrogen (secondary N) is 1.